The number of carbonyl (C=O) groups is 1. The van der Waals surface area contributed by atoms with E-state index in [4.69, 9.17) is 9.72 Å². The first-order valence-electron chi connectivity index (χ1n) is 11.3. The highest BCUT2D eigenvalue weighted by molar-refractivity contribution is 7.13. The summed E-state index contributed by atoms with van der Waals surface area (Å²) in [5.74, 6) is 1.02. The molecule has 0 unspecified atom stereocenters. The number of hydrogen-bond donors (Lipinski definition) is 0. The van der Waals surface area contributed by atoms with Gasteiger partial charge in [-0.3, -0.25) is 9.48 Å². The minimum atomic E-state index is 0.0434. The van der Waals surface area contributed by atoms with Crippen molar-refractivity contribution in [1.29, 1.82) is 0 Å². The second-order valence-electron chi connectivity index (χ2n) is 8.77. The molecule has 1 aliphatic rings. The van der Waals surface area contributed by atoms with Crippen molar-refractivity contribution in [1.82, 2.24) is 19.7 Å². The van der Waals surface area contributed by atoms with E-state index in [9.17, 15) is 4.79 Å². The Hall–Kier alpha value is -3.19. The quantitative estimate of drug-likeness (QED) is 0.414. The number of carbonyl (C=O) groups excluding carboxylic acids is 1. The number of piperidine rings is 1. The number of aromatic nitrogens is 3. The Labute approximate surface area is 197 Å². The molecule has 0 spiro atoms. The Bertz CT molecular complexity index is 1300. The second-order valence-corrected chi connectivity index (χ2v) is 9.72. The Kier molecular flexibility index (Phi) is 5.66. The van der Waals surface area contributed by atoms with Gasteiger partial charge >= 0.3 is 0 Å². The van der Waals surface area contributed by atoms with Crippen molar-refractivity contribution < 1.29 is 9.53 Å². The van der Waals surface area contributed by atoms with Crippen LogP contribution in [0.3, 0.4) is 0 Å². The highest BCUT2D eigenvalue weighted by atomic mass is 32.1. The van der Waals surface area contributed by atoms with Crippen molar-refractivity contribution in [3.05, 3.63) is 64.2 Å². The van der Waals surface area contributed by atoms with Crippen LogP contribution in [-0.4, -0.2) is 44.8 Å². The maximum absolute atomic E-state index is 13.7. The second kappa shape index (κ2) is 8.63. The third-order valence-electron chi connectivity index (χ3n) is 6.40. The SMILES string of the molecule is Cc1cccc(C)c1OC1CCN(C(=O)c2cc(-c3cccs3)nc3c2c(C)nn3C)CC1. The average molecular weight is 461 g/mol. The predicted octanol–water partition coefficient (Wildman–Crippen LogP) is 5.31. The zero-order chi connectivity index (χ0) is 23.1. The summed E-state index contributed by atoms with van der Waals surface area (Å²) in [5, 5.41) is 7.41. The number of hydrogen-bond acceptors (Lipinski definition) is 5. The molecule has 6 nitrogen and oxygen atoms in total. The third kappa shape index (κ3) is 4.02. The van der Waals surface area contributed by atoms with Crippen LogP contribution in [0.5, 0.6) is 5.75 Å². The van der Waals surface area contributed by atoms with E-state index in [-0.39, 0.29) is 12.0 Å². The molecule has 1 aliphatic heterocycles. The van der Waals surface area contributed by atoms with Crippen LogP contribution in [-0.2, 0) is 7.05 Å². The van der Waals surface area contributed by atoms with Crippen LogP contribution in [0.1, 0.15) is 40.0 Å². The van der Waals surface area contributed by atoms with Gasteiger partial charge in [0.05, 0.1) is 27.2 Å². The zero-order valence-corrected chi connectivity index (χ0v) is 20.3. The standard InChI is InChI=1S/C26H28N4O2S/c1-16-7-5-8-17(2)24(16)32-19-10-12-30(13-11-19)26(31)20-15-21(22-9-6-14-33-22)27-25-23(20)18(3)28-29(25)4/h5-9,14-15,19H,10-13H2,1-4H3. The van der Waals surface area contributed by atoms with Gasteiger partial charge in [0.2, 0.25) is 0 Å². The highest BCUT2D eigenvalue weighted by Crippen LogP contribution is 2.31. The Morgan fingerprint density at radius 2 is 1.82 bits per heavy atom. The van der Waals surface area contributed by atoms with Crippen molar-refractivity contribution in [2.45, 2.75) is 39.7 Å². The minimum absolute atomic E-state index is 0.0434. The highest BCUT2D eigenvalue weighted by Gasteiger charge is 2.28. The number of fused-ring (bicyclic) bond motifs is 1. The largest absolute Gasteiger partial charge is 0.490 e. The van der Waals surface area contributed by atoms with Crippen LogP contribution in [0.4, 0.5) is 0 Å². The lowest BCUT2D eigenvalue weighted by Crippen LogP contribution is -2.42. The lowest BCUT2D eigenvalue weighted by atomic mass is 10.0. The van der Waals surface area contributed by atoms with Crippen molar-refractivity contribution >= 4 is 28.3 Å². The van der Waals surface area contributed by atoms with Crippen LogP contribution < -0.4 is 4.74 Å². The topological polar surface area (TPSA) is 60.2 Å². The molecule has 1 amide bonds. The molecule has 0 atom stereocenters. The number of ether oxygens (including phenoxy) is 1. The zero-order valence-electron chi connectivity index (χ0n) is 19.5. The summed E-state index contributed by atoms with van der Waals surface area (Å²) in [7, 11) is 1.88. The normalized spacial score (nSPS) is 14.7. The monoisotopic (exact) mass is 460 g/mol. The van der Waals surface area contributed by atoms with E-state index in [1.807, 2.05) is 42.5 Å². The van der Waals surface area contributed by atoms with Gasteiger partial charge in [-0.05, 0) is 49.4 Å². The number of likely N-dealkylation sites (tertiary alicyclic amines) is 1. The van der Waals surface area contributed by atoms with Crippen LogP contribution in [0.25, 0.3) is 21.6 Å². The summed E-state index contributed by atoms with van der Waals surface area (Å²) in [6.45, 7) is 7.45. The van der Waals surface area contributed by atoms with Gasteiger partial charge in [-0.25, -0.2) is 4.98 Å². The van der Waals surface area contributed by atoms with E-state index in [0.29, 0.717) is 18.7 Å². The van der Waals surface area contributed by atoms with Gasteiger partial charge in [-0.1, -0.05) is 24.3 Å². The summed E-state index contributed by atoms with van der Waals surface area (Å²) in [6.07, 6.45) is 1.75. The first-order chi connectivity index (χ1) is 15.9. The molecule has 1 saturated heterocycles. The molecule has 3 aromatic heterocycles. The van der Waals surface area contributed by atoms with Crippen molar-refractivity contribution in [3.8, 4) is 16.3 Å². The molecule has 0 bridgehead atoms. The lowest BCUT2D eigenvalue weighted by molar-refractivity contribution is 0.0595. The van der Waals surface area contributed by atoms with Gasteiger partial charge < -0.3 is 9.64 Å². The summed E-state index contributed by atoms with van der Waals surface area (Å²) < 4.78 is 8.12. The van der Waals surface area contributed by atoms with Gasteiger partial charge in [0.25, 0.3) is 5.91 Å². The molecular weight excluding hydrogens is 432 g/mol. The maximum Gasteiger partial charge on any atom is 0.254 e. The number of para-hydroxylation sites is 1. The molecule has 5 rings (SSSR count). The first kappa shape index (κ1) is 21.6. The van der Waals surface area contributed by atoms with E-state index < -0.39 is 0 Å². The van der Waals surface area contributed by atoms with Crippen molar-refractivity contribution in [3.63, 3.8) is 0 Å². The van der Waals surface area contributed by atoms with Gasteiger partial charge in [0, 0.05) is 33.0 Å². The average Bonchev–Trinajstić information content (AvgIpc) is 3.44. The van der Waals surface area contributed by atoms with E-state index in [2.05, 4.69) is 37.1 Å². The minimum Gasteiger partial charge on any atom is -0.490 e. The van der Waals surface area contributed by atoms with Crippen LogP contribution >= 0.6 is 11.3 Å². The number of nitrogens with zero attached hydrogens (tertiary/aromatic N) is 4. The van der Waals surface area contributed by atoms with E-state index in [0.717, 1.165) is 57.0 Å². The number of rotatable bonds is 4. The molecule has 33 heavy (non-hydrogen) atoms. The molecule has 170 valence electrons. The molecule has 4 aromatic rings. The molecule has 4 heterocycles. The molecule has 7 heteroatoms. The number of pyridine rings is 1. The summed E-state index contributed by atoms with van der Waals surface area (Å²) in [4.78, 5) is 21.5. The Morgan fingerprint density at radius 1 is 1.09 bits per heavy atom. The van der Waals surface area contributed by atoms with Crippen LogP contribution in [0.15, 0.2) is 41.8 Å². The predicted molar refractivity (Wildman–Crippen MR) is 132 cm³/mol. The number of aryl methyl sites for hydroxylation is 4. The molecular formula is C26H28N4O2S. The van der Waals surface area contributed by atoms with Crippen LogP contribution in [0.2, 0.25) is 0 Å². The fraction of sp³-hybridized carbons (Fsp3) is 0.346. The lowest BCUT2D eigenvalue weighted by Gasteiger charge is -2.33. The van der Waals surface area contributed by atoms with Gasteiger partial charge in [0.15, 0.2) is 5.65 Å². The van der Waals surface area contributed by atoms with Crippen molar-refractivity contribution in [2.24, 2.45) is 7.05 Å². The number of benzene rings is 1. The van der Waals surface area contributed by atoms with Gasteiger partial charge in [-0.15, -0.1) is 11.3 Å². The van der Waals surface area contributed by atoms with Crippen molar-refractivity contribution in [2.75, 3.05) is 13.1 Å². The molecule has 0 aliphatic carbocycles. The Morgan fingerprint density at radius 3 is 2.48 bits per heavy atom. The summed E-state index contributed by atoms with van der Waals surface area (Å²) in [6, 6.07) is 12.2. The fourth-order valence-corrected chi connectivity index (χ4v) is 5.35. The Balaban J connectivity index is 1.39. The smallest absolute Gasteiger partial charge is 0.254 e. The number of thiophene rings is 1. The van der Waals surface area contributed by atoms with E-state index in [1.54, 1.807) is 16.0 Å². The third-order valence-corrected chi connectivity index (χ3v) is 7.29. The fourth-order valence-electron chi connectivity index (χ4n) is 4.66. The maximum atomic E-state index is 13.7. The first-order valence-corrected chi connectivity index (χ1v) is 12.2. The molecule has 1 aromatic carbocycles. The molecule has 0 saturated carbocycles. The molecule has 0 N–H and O–H groups in total. The summed E-state index contributed by atoms with van der Waals surface area (Å²) in [5.41, 5.74) is 5.38. The van der Waals surface area contributed by atoms with E-state index >= 15 is 0 Å². The summed E-state index contributed by atoms with van der Waals surface area (Å²) >= 11 is 1.62. The molecule has 1 fully saturated rings. The van der Waals surface area contributed by atoms with Gasteiger partial charge in [0.1, 0.15) is 11.9 Å². The van der Waals surface area contributed by atoms with Gasteiger partial charge in [-0.2, -0.15) is 5.10 Å². The molecule has 0 radical (unpaired) electrons. The van der Waals surface area contributed by atoms with E-state index in [1.165, 1.54) is 0 Å². The number of amides is 1. The van der Waals surface area contributed by atoms with Crippen LogP contribution in [0, 0.1) is 20.8 Å².